The number of aliphatic hydroxyl groups excluding tert-OH is 1. The summed E-state index contributed by atoms with van der Waals surface area (Å²) in [5.41, 5.74) is 2.23. The molecular formula is C19H22O4S. The van der Waals surface area contributed by atoms with E-state index < -0.39 is 16.9 Å². The predicted octanol–water partition coefficient (Wildman–Crippen LogP) is 2.45. The van der Waals surface area contributed by atoms with Crippen LogP contribution in [-0.2, 0) is 26.9 Å². The van der Waals surface area contributed by atoms with Crippen molar-refractivity contribution in [2.45, 2.75) is 36.7 Å². The van der Waals surface area contributed by atoms with Crippen LogP contribution in [0.2, 0.25) is 0 Å². The predicted molar refractivity (Wildman–Crippen MR) is 93.2 cm³/mol. The largest absolute Gasteiger partial charge is 0.389 e. The molecular weight excluding hydrogens is 324 g/mol. The van der Waals surface area contributed by atoms with Crippen LogP contribution in [0.1, 0.15) is 11.1 Å². The van der Waals surface area contributed by atoms with Gasteiger partial charge in [0.05, 0.1) is 35.9 Å². The molecule has 0 saturated carbocycles. The molecule has 0 aliphatic carbocycles. The van der Waals surface area contributed by atoms with Gasteiger partial charge in [-0.1, -0.05) is 48.0 Å². The molecule has 0 amide bonds. The van der Waals surface area contributed by atoms with Crippen molar-refractivity contribution in [1.82, 2.24) is 0 Å². The molecule has 3 rings (SSSR count). The van der Waals surface area contributed by atoms with Crippen LogP contribution in [0.3, 0.4) is 0 Å². The lowest BCUT2D eigenvalue weighted by Gasteiger charge is -2.08. The summed E-state index contributed by atoms with van der Waals surface area (Å²) < 4.78 is 23.3. The number of epoxide rings is 1. The number of aryl methyl sites for hydroxylation is 1. The van der Waals surface area contributed by atoms with E-state index in [-0.39, 0.29) is 18.0 Å². The van der Waals surface area contributed by atoms with Gasteiger partial charge in [0.15, 0.2) is 0 Å². The first-order valence-corrected chi connectivity index (χ1v) is 9.35. The van der Waals surface area contributed by atoms with Crippen molar-refractivity contribution in [3.8, 4) is 0 Å². The van der Waals surface area contributed by atoms with Crippen LogP contribution in [0.25, 0.3) is 0 Å². The number of rotatable bonds is 8. The summed E-state index contributed by atoms with van der Waals surface area (Å²) >= 11 is 0. The number of ether oxygens (including phenoxy) is 2. The minimum absolute atomic E-state index is 0.112. The van der Waals surface area contributed by atoms with Gasteiger partial charge >= 0.3 is 0 Å². The third kappa shape index (κ3) is 4.74. The van der Waals surface area contributed by atoms with Crippen molar-refractivity contribution >= 4 is 10.8 Å². The lowest BCUT2D eigenvalue weighted by Crippen LogP contribution is -2.25. The van der Waals surface area contributed by atoms with Crippen LogP contribution in [0.15, 0.2) is 59.5 Å². The summed E-state index contributed by atoms with van der Waals surface area (Å²) in [5, 5.41) is 10.2. The van der Waals surface area contributed by atoms with Gasteiger partial charge < -0.3 is 14.6 Å². The molecule has 2 aromatic carbocycles. The first-order valence-electron chi connectivity index (χ1n) is 8.04. The summed E-state index contributed by atoms with van der Waals surface area (Å²) in [7, 11) is -1.22. The van der Waals surface area contributed by atoms with Crippen molar-refractivity contribution < 1.29 is 18.8 Å². The molecule has 24 heavy (non-hydrogen) atoms. The third-order valence-corrected chi connectivity index (χ3v) is 5.44. The van der Waals surface area contributed by atoms with Crippen LogP contribution < -0.4 is 0 Å². The summed E-state index contributed by atoms with van der Waals surface area (Å²) in [5.74, 6) is 0.183. The molecule has 1 aliphatic rings. The monoisotopic (exact) mass is 346 g/mol. The first kappa shape index (κ1) is 17.3. The maximum Gasteiger partial charge on any atom is 0.113 e. The maximum atomic E-state index is 12.3. The molecule has 1 N–H and O–H groups in total. The highest BCUT2D eigenvalue weighted by Gasteiger charge is 2.44. The number of hydrogen-bond acceptors (Lipinski definition) is 4. The smallest absolute Gasteiger partial charge is 0.113 e. The van der Waals surface area contributed by atoms with E-state index in [0.717, 1.165) is 16.0 Å². The molecule has 1 fully saturated rings. The van der Waals surface area contributed by atoms with Gasteiger partial charge in [-0.25, -0.2) is 0 Å². The Labute approximate surface area is 144 Å². The van der Waals surface area contributed by atoms with E-state index in [0.29, 0.717) is 13.2 Å². The molecule has 0 radical (unpaired) electrons. The second-order valence-electron chi connectivity index (χ2n) is 6.03. The minimum atomic E-state index is -1.22. The number of hydrogen-bond donors (Lipinski definition) is 1. The maximum absolute atomic E-state index is 12.3. The van der Waals surface area contributed by atoms with Gasteiger partial charge in [0, 0.05) is 4.90 Å². The Morgan fingerprint density at radius 2 is 1.88 bits per heavy atom. The quantitative estimate of drug-likeness (QED) is 0.746. The highest BCUT2D eigenvalue weighted by atomic mass is 32.2. The molecule has 4 atom stereocenters. The molecule has 128 valence electrons. The van der Waals surface area contributed by atoms with Crippen LogP contribution in [-0.4, -0.2) is 40.0 Å². The Bertz CT molecular complexity index is 672. The van der Waals surface area contributed by atoms with E-state index >= 15 is 0 Å². The molecule has 5 heteroatoms. The van der Waals surface area contributed by atoms with Gasteiger partial charge in [-0.3, -0.25) is 4.21 Å². The fourth-order valence-electron chi connectivity index (χ4n) is 2.53. The second-order valence-corrected chi connectivity index (χ2v) is 7.53. The van der Waals surface area contributed by atoms with Gasteiger partial charge in [-0.05, 0) is 24.6 Å². The van der Waals surface area contributed by atoms with E-state index in [9.17, 15) is 9.32 Å². The average Bonchev–Trinajstić information content (AvgIpc) is 3.36. The normalized spacial score (nSPS) is 22.1. The molecule has 4 nitrogen and oxygen atoms in total. The van der Waals surface area contributed by atoms with E-state index in [1.807, 2.05) is 61.5 Å². The molecule has 1 heterocycles. The van der Waals surface area contributed by atoms with E-state index in [4.69, 9.17) is 9.47 Å². The summed E-state index contributed by atoms with van der Waals surface area (Å²) in [6.07, 6.45) is -1.13. The van der Waals surface area contributed by atoms with Crippen LogP contribution in [0.4, 0.5) is 0 Å². The minimum Gasteiger partial charge on any atom is -0.389 e. The Kier molecular flexibility index (Phi) is 5.79. The zero-order valence-corrected chi connectivity index (χ0v) is 14.4. The second kappa shape index (κ2) is 8.03. The zero-order chi connectivity index (χ0) is 16.9. The van der Waals surface area contributed by atoms with E-state index in [2.05, 4.69) is 0 Å². The number of benzene rings is 2. The van der Waals surface area contributed by atoms with Crippen molar-refractivity contribution in [2.24, 2.45) is 0 Å². The zero-order valence-electron chi connectivity index (χ0n) is 13.6. The lowest BCUT2D eigenvalue weighted by atomic mass is 10.2. The van der Waals surface area contributed by atoms with Gasteiger partial charge in [-0.15, -0.1) is 0 Å². The van der Waals surface area contributed by atoms with E-state index in [1.165, 1.54) is 0 Å². The molecule has 0 aromatic heterocycles. The Hall–Kier alpha value is -1.53. The topological polar surface area (TPSA) is 59.1 Å². The molecule has 1 aliphatic heterocycles. The Morgan fingerprint density at radius 1 is 1.17 bits per heavy atom. The Balaban J connectivity index is 1.40. The van der Waals surface area contributed by atoms with Crippen LogP contribution in [0.5, 0.6) is 0 Å². The standard InChI is InChI=1S/C19H22O4S/c1-14-7-9-16(10-8-14)24(21)13-17(20)19-18(23-19)12-22-11-15-5-3-2-4-6-15/h2-10,17-20H,11-13H2,1H3/t17-,18+,19+,24?/m0/s1. The fraction of sp³-hybridized carbons (Fsp3) is 0.368. The molecule has 2 aromatic rings. The fourth-order valence-corrected chi connectivity index (χ4v) is 3.66. The van der Waals surface area contributed by atoms with Crippen LogP contribution >= 0.6 is 0 Å². The molecule has 1 unspecified atom stereocenters. The summed E-state index contributed by atoms with van der Waals surface area (Å²) in [6.45, 7) is 2.95. The Morgan fingerprint density at radius 3 is 2.58 bits per heavy atom. The van der Waals surface area contributed by atoms with Gasteiger partial charge in [-0.2, -0.15) is 0 Å². The molecule has 1 saturated heterocycles. The van der Waals surface area contributed by atoms with Crippen molar-refractivity contribution in [3.63, 3.8) is 0 Å². The lowest BCUT2D eigenvalue weighted by molar-refractivity contribution is 0.104. The third-order valence-electron chi connectivity index (χ3n) is 4.00. The van der Waals surface area contributed by atoms with Crippen molar-refractivity contribution in [1.29, 1.82) is 0 Å². The van der Waals surface area contributed by atoms with E-state index in [1.54, 1.807) is 0 Å². The molecule has 0 spiro atoms. The first-order chi connectivity index (χ1) is 11.6. The summed E-state index contributed by atoms with van der Waals surface area (Å²) in [6, 6.07) is 17.4. The highest BCUT2D eigenvalue weighted by molar-refractivity contribution is 7.85. The SMILES string of the molecule is Cc1ccc(S(=O)C[C@H](O)[C@H]2O[C@@H]2COCc2ccccc2)cc1. The van der Waals surface area contributed by atoms with Crippen molar-refractivity contribution in [3.05, 3.63) is 65.7 Å². The average molecular weight is 346 g/mol. The van der Waals surface area contributed by atoms with Crippen LogP contribution in [0, 0.1) is 6.92 Å². The van der Waals surface area contributed by atoms with Gasteiger partial charge in [0.25, 0.3) is 0 Å². The van der Waals surface area contributed by atoms with Gasteiger partial charge in [0.1, 0.15) is 12.2 Å². The van der Waals surface area contributed by atoms with Gasteiger partial charge in [0.2, 0.25) is 0 Å². The number of aliphatic hydroxyl groups is 1. The summed E-state index contributed by atoms with van der Waals surface area (Å²) in [4.78, 5) is 0.733. The highest BCUT2D eigenvalue weighted by Crippen LogP contribution is 2.27. The molecule has 0 bridgehead atoms. The van der Waals surface area contributed by atoms with Crippen molar-refractivity contribution in [2.75, 3.05) is 12.4 Å².